The van der Waals surface area contributed by atoms with Gasteiger partial charge in [-0.2, -0.15) is 0 Å². The zero-order chi connectivity index (χ0) is 5.70. The van der Waals surface area contributed by atoms with E-state index < -0.39 is 0 Å². The van der Waals surface area contributed by atoms with Gasteiger partial charge in [-0.3, -0.25) is 0 Å². The van der Waals surface area contributed by atoms with Crippen LogP contribution in [0.3, 0.4) is 0 Å². The summed E-state index contributed by atoms with van der Waals surface area (Å²) in [5.41, 5.74) is 0. The lowest BCUT2D eigenvalue weighted by Gasteiger charge is -1.92. The van der Waals surface area contributed by atoms with E-state index in [1.54, 1.807) is 6.08 Å². The van der Waals surface area contributed by atoms with Gasteiger partial charge < -0.3 is 4.18 Å². The Balaban J connectivity index is 3.17. The average Bonchev–Trinajstić information content (AvgIpc) is 1.68. The fourth-order valence-corrected chi connectivity index (χ4v) is 0.916. The van der Waals surface area contributed by atoms with Crippen molar-refractivity contribution in [1.29, 1.82) is 0 Å². The van der Waals surface area contributed by atoms with E-state index in [0.717, 1.165) is 0 Å². The third kappa shape index (κ3) is 4.21. The van der Waals surface area contributed by atoms with Crippen LogP contribution in [0.15, 0.2) is 25.0 Å². The lowest BCUT2D eigenvalue weighted by Crippen LogP contribution is -1.68. The fourth-order valence-electron chi connectivity index (χ4n) is 0.0745. The Labute approximate surface area is 59.6 Å². The minimum Gasteiger partial charge on any atom is -0.416 e. The van der Waals surface area contributed by atoms with Gasteiger partial charge in [0, 0.05) is 21.2 Å². The molecule has 0 unspecified atom stereocenters. The maximum Gasteiger partial charge on any atom is 0.130 e. The second-order valence-electron chi connectivity index (χ2n) is 0.817. The predicted octanol–water partition coefficient (Wildman–Crippen LogP) is 2.70. The van der Waals surface area contributed by atoms with Crippen molar-refractivity contribution in [1.82, 2.24) is 0 Å². The molecule has 0 radical (unpaired) electrons. The first-order chi connectivity index (χ1) is 3.31. The van der Waals surface area contributed by atoms with Gasteiger partial charge in [0.2, 0.25) is 0 Å². The summed E-state index contributed by atoms with van der Waals surface area (Å²) in [4.78, 5) is 0. The van der Waals surface area contributed by atoms with E-state index in [-0.39, 0.29) is 0 Å². The SMILES string of the molecule is C=CC(=C)OSI. The van der Waals surface area contributed by atoms with Gasteiger partial charge >= 0.3 is 0 Å². The quantitative estimate of drug-likeness (QED) is 0.318. The molecule has 0 spiro atoms. The zero-order valence-corrected chi connectivity index (χ0v) is 6.66. The second kappa shape index (κ2) is 4.52. The highest BCUT2D eigenvalue weighted by molar-refractivity contribution is 14.2. The van der Waals surface area contributed by atoms with Crippen LogP contribution in [0.5, 0.6) is 0 Å². The first-order valence-corrected chi connectivity index (χ1v) is 4.86. The van der Waals surface area contributed by atoms with Gasteiger partial charge in [-0.05, 0) is 6.08 Å². The topological polar surface area (TPSA) is 9.23 Å². The Hall–Kier alpha value is 0.360. The van der Waals surface area contributed by atoms with Crippen LogP contribution in [0.4, 0.5) is 0 Å². The highest BCUT2D eigenvalue weighted by atomic mass is 127. The van der Waals surface area contributed by atoms with Crippen LogP contribution < -0.4 is 0 Å². The molecule has 0 fully saturated rings. The summed E-state index contributed by atoms with van der Waals surface area (Å²) in [6.07, 6.45) is 1.56. The highest BCUT2D eigenvalue weighted by Crippen LogP contribution is 2.16. The van der Waals surface area contributed by atoms with Crippen molar-refractivity contribution >= 4 is 30.4 Å². The molecule has 0 aliphatic carbocycles. The normalized spacial score (nSPS) is 7.57. The molecule has 0 saturated heterocycles. The van der Waals surface area contributed by atoms with Crippen molar-refractivity contribution in [3.05, 3.63) is 25.0 Å². The lowest BCUT2D eigenvalue weighted by atomic mass is 10.6. The third-order valence-corrected chi connectivity index (χ3v) is 1.18. The minimum atomic E-state index is 0.597. The summed E-state index contributed by atoms with van der Waals surface area (Å²) in [7, 11) is 1.23. The Morgan fingerprint density at radius 1 is 1.86 bits per heavy atom. The van der Waals surface area contributed by atoms with Crippen LogP contribution >= 0.6 is 30.4 Å². The number of hydrogen-bond acceptors (Lipinski definition) is 2. The Morgan fingerprint density at radius 2 is 2.43 bits per heavy atom. The van der Waals surface area contributed by atoms with E-state index in [1.165, 1.54) is 9.21 Å². The smallest absolute Gasteiger partial charge is 0.130 e. The summed E-state index contributed by atoms with van der Waals surface area (Å²) in [6, 6.07) is 0. The summed E-state index contributed by atoms with van der Waals surface area (Å²) in [6.45, 7) is 6.94. The van der Waals surface area contributed by atoms with Crippen molar-refractivity contribution in [2.24, 2.45) is 0 Å². The largest absolute Gasteiger partial charge is 0.416 e. The van der Waals surface area contributed by atoms with Crippen molar-refractivity contribution in [3.63, 3.8) is 0 Å². The molecule has 7 heavy (non-hydrogen) atoms. The summed E-state index contributed by atoms with van der Waals surface area (Å²) in [5.74, 6) is 0.597. The van der Waals surface area contributed by atoms with Crippen LogP contribution in [-0.2, 0) is 4.18 Å². The minimum absolute atomic E-state index is 0.597. The molecule has 40 valence electrons. The molecule has 0 aliphatic heterocycles. The van der Waals surface area contributed by atoms with Gasteiger partial charge in [0.25, 0.3) is 0 Å². The van der Waals surface area contributed by atoms with E-state index in [9.17, 15) is 0 Å². The number of rotatable bonds is 3. The van der Waals surface area contributed by atoms with Crippen molar-refractivity contribution in [2.75, 3.05) is 0 Å². The van der Waals surface area contributed by atoms with E-state index >= 15 is 0 Å². The standard InChI is InChI=1S/C4H5IOS/c1-3-4(2)6-7-5/h3H,1-2H2. The molecule has 3 heteroatoms. The van der Waals surface area contributed by atoms with Gasteiger partial charge in [0.1, 0.15) is 15.0 Å². The molecule has 0 rings (SSSR count). The van der Waals surface area contributed by atoms with E-state index in [0.29, 0.717) is 5.76 Å². The molecule has 0 aromatic heterocycles. The summed E-state index contributed by atoms with van der Waals surface area (Å²) < 4.78 is 4.78. The van der Waals surface area contributed by atoms with E-state index in [4.69, 9.17) is 4.18 Å². The molecular weight excluding hydrogens is 223 g/mol. The number of halogens is 1. The summed E-state index contributed by atoms with van der Waals surface area (Å²) >= 11 is 2.01. The van der Waals surface area contributed by atoms with Gasteiger partial charge in [0.05, 0.1) is 0 Å². The van der Waals surface area contributed by atoms with E-state index in [1.807, 2.05) is 21.2 Å². The maximum absolute atomic E-state index is 4.78. The molecule has 1 nitrogen and oxygen atoms in total. The number of allylic oxidation sites excluding steroid dienone is 1. The molecule has 0 aromatic rings. The van der Waals surface area contributed by atoms with Crippen LogP contribution in [0.2, 0.25) is 0 Å². The fraction of sp³-hybridized carbons (Fsp3) is 0. The number of hydrogen-bond donors (Lipinski definition) is 0. The van der Waals surface area contributed by atoms with Crippen molar-refractivity contribution in [2.45, 2.75) is 0 Å². The molecule has 0 bridgehead atoms. The zero-order valence-electron chi connectivity index (χ0n) is 3.69. The van der Waals surface area contributed by atoms with Gasteiger partial charge in [-0.15, -0.1) is 0 Å². The van der Waals surface area contributed by atoms with Gasteiger partial charge in [0.15, 0.2) is 0 Å². The molecule has 0 amide bonds. The predicted molar refractivity (Wildman–Crippen MR) is 42.0 cm³/mol. The maximum atomic E-state index is 4.78. The monoisotopic (exact) mass is 228 g/mol. The molecule has 0 atom stereocenters. The van der Waals surface area contributed by atoms with Gasteiger partial charge in [-0.25, -0.2) is 0 Å². The molecule has 0 aromatic carbocycles. The Morgan fingerprint density at radius 3 is 2.57 bits per heavy atom. The third-order valence-electron chi connectivity index (χ3n) is 0.366. The molecule has 0 heterocycles. The Kier molecular flexibility index (Phi) is 4.75. The van der Waals surface area contributed by atoms with Crippen LogP contribution in [0.1, 0.15) is 0 Å². The highest BCUT2D eigenvalue weighted by Gasteiger charge is 1.80. The van der Waals surface area contributed by atoms with Crippen LogP contribution in [0, 0.1) is 0 Å². The molecule has 0 saturated carbocycles. The second-order valence-corrected chi connectivity index (χ2v) is 2.19. The van der Waals surface area contributed by atoms with Crippen molar-refractivity contribution in [3.8, 4) is 0 Å². The van der Waals surface area contributed by atoms with Crippen LogP contribution in [-0.4, -0.2) is 0 Å². The average molecular weight is 228 g/mol. The van der Waals surface area contributed by atoms with Gasteiger partial charge in [-0.1, -0.05) is 13.2 Å². The molecular formula is C4H5IOS. The lowest BCUT2D eigenvalue weighted by molar-refractivity contribution is 0.535. The first-order valence-electron chi connectivity index (χ1n) is 1.58. The van der Waals surface area contributed by atoms with Crippen molar-refractivity contribution < 1.29 is 4.18 Å². The summed E-state index contributed by atoms with van der Waals surface area (Å²) in [5, 5.41) is 0. The Bertz CT molecular complexity index is 81.8. The van der Waals surface area contributed by atoms with Crippen LogP contribution in [0.25, 0.3) is 0 Å². The molecule has 0 aliphatic rings. The molecule has 0 N–H and O–H groups in total. The van der Waals surface area contributed by atoms with E-state index in [2.05, 4.69) is 13.2 Å². The first kappa shape index (κ1) is 7.36.